The summed E-state index contributed by atoms with van der Waals surface area (Å²) in [6.07, 6.45) is 3.98. The summed E-state index contributed by atoms with van der Waals surface area (Å²) in [7, 11) is 0. The van der Waals surface area contributed by atoms with E-state index in [4.69, 9.17) is 0 Å². The molecule has 0 saturated heterocycles. The third-order valence-corrected chi connectivity index (χ3v) is 0.573. The molecule has 0 aliphatic rings. The van der Waals surface area contributed by atoms with Crippen LogP contribution in [0.3, 0.4) is 0 Å². The minimum atomic E-state index is 0.586. The first-order valence-electron chi connectivity index (χ1n) is 2.19. The SMILES string of the molecule is C=C=CCCC=O. The maximum Gasteiger partial charge on any atom is 0.120 e. The second kappa shape index (κ2) is 5.19. The smallest absolute Gasteiger partial charge is 0.120 e. The Labute approximate surface area is 43.3 Å². The molecule has 0 aromatic heterocycles. The Hall–Kier alpha value is -0.810. The van der Waals surface area contributed by atoms with E-state index in [9.17, 15) is 4.79 Å². The summed E-state index contributed by atoms with van der Waals surface area (Å²) in [6.45, 7) is 3.34. The molecular weight excluding hydrogens is 88.1 g/mol. The quantitative estimate of drug-likeness (QED) is 0.294. The van der Waals surface area contributed by atoms with Crippen molar-refractivity contribution in [1.29, 1.82) is 0 Å². The van der Waals surface area contributed by atoms with E-state index in [1.165, 1.54) is 0 Å². The lowest BCUT2D eigenvalue weighted by molar-refractivity contribution is -0.107. The van der Waals surface area contributed by atoms with Crippen LogP contribution in [-0.2, 0) is 4.79 Å². The standard InChI is InChI=1S/C6H8O/c1-2-3-4-5-6-7/h3,6H,1,4-5H2. The van der Waals surface area contributed by atoms with Gasteiger partial charge in [-0.1, -0.05) is 6.58 Å². The number of allylic oxidation sites excluding steroid dienone is 1. The fourth-order valence-electron chi connectivity index (χ4n) is 0.253. The van der Waals surface area contributed by atoms with Crippen molar-refractivity contribution in [3.05, 3.63) is 18.4 Å². The average Bonchev–Trinajstić information content (AvgIpc) is 1.69. The maximum absolute atomic E-state index is 9.61. The van der Waals surface area contributed by atoms with Crippen LogP contribution in [0.15, 0.2) is 18.4 Å². The van der Waals surface area contributed by atoms with Crippen molar-refractivity contribution in [3.8, 4) is 0 Å². The Morgan fingerprint density at radius 2 is 2.29 bits per heavy atom. The van der Waals surface area contributed by atoms with Crippen molar-refractivity contribution in [2.24, 2.45) is 0 Å². The Bertz CT molecular complexity index is 88.4. The lowest BCUT2D eigenvalue weighted by Crippen LogP contribution is -1.67. The summed E-state index contributed by atoms with van der Waals surface area (Å²) < 4.78 is 0. The van der Waals surface area contributed by atoms with Gasteiger partial charge in [0, 0.05) is 6.42 Å². The van der Waals surface area contributed by atoms with Crippen LogP contribution in [0.5, 0.6) is 0 Å². The second-order valence-corrected chi connectivity index (χ2v) is 1.15. The first kappa shape index (κ1) is 6.19. The zero-order valence-electron chi connectivity index (χ0n) is 4.18. The van der Waals surface area contributed by atoms with Crippen LogP contribution in [0.2, 0.25) is 0 Å². The third kappa shape index (κ3) is 5.19. The Kier molecular flexibility index (Phi) is 4.59. The number of unbranched alkanes of at least 4 members (excludes halogenated alkanes) is 1. The van der Waals surface area contributed by atoms with Gasteiger partial charge in [-0.05, 0) is 12.5 Å². The molecule has 0 radical (unpaired) electrons. The average molecular weight is 96.1 g/mol. The zero-order valence-corrected chi connectivity index (χ0v) is 4.18. The van der Waals surface area contributed by atoms with E-state index in [2.05, 4.69) is 12.3 Å². The fourth-order valence-corrected chi connectivity index (χ4v) is 0.253. The molecule has 0 rings (SSSR count). The molecule has 0 spiro atoms. The van der Waals surface area contributed by atoms with E-state index in [0.717, 1.165) is 12.7 Å². The number of hydrogen-bond acceptors (Lipinski definition) is 1. The van der Waals surface area contributed by atoms with Crippen LogP contribution >= 0.6 is 0 Å². The number of rotatable bonds is 3. The van der Waals surface area contributed by atoms with Crippen LogP contribution in [0.4, 0.5) is 0 Å². The van der Waals surface area contributed by atoms with E-state index in [0.29, 0.717) is 6.42 Å². The van der Waals surface area contributed by atoms with Gasteiger partial charge in [0.1, 0.15) is 6.29 Å². The highest BCUT2D eigenvalue weighted by Gasteiger charge is 1.72. The van der Waals surface area contributed by atoms with Gasteiger partial charge < -0.3 is 4.79 Å². The summed E-state index contributed by atoms with van der Waals surface area (Å²) >= 11 is 0. The molecule has 7 heavy (non-hydrogen) atoms. The summed E-state index contributed by atoms with van der Waals surface area (Å²) in [5, 5.41) is 0. The van der Waals surface area contributed by atoms with Gasteiger partial charge in [-0.25, -0.2) is 0 Å². The molecule has 0 aliphatic heterocycles. The Morgan fingerprint density at radius 3 is 2.71 bits per heavy atom. The molecule has 0 fully saturated rings. The van der Waals surface area contributed by atoms with Gasteiger partial charge in [0.15, 0.2) is 0 Å². The topological polar surface area (TPSA) is 17.1 Å². The molecule has 0 aromatic rings. The predicted octanol–water partition coefficient (Wildman–Crippen LogP) is 1.31. The minimum absolute atomic E-state index is 0.586. The second-order valence-electron chi connectivity index (χ2n) is 1.15. The van der Waals surface area contributed by atoms with Gasteiger partial charge >= 0.3 is 0 Å². The summed E-state index contributed by atoms with van der Waals surface area (Å²) in [6, 6.07) is 0. The molecule has 0 amide bonds. The monoisotopic (exact) mass is 96.1 g/mol. The number of aldehydes is 1. The van der Waals surface area contributed by atoms with Crippen molar-refractivity contribution in [2.75, 3.05) is 0 Å². The van der Waals surface area contributed by atoms with Crippen molar-refractivity contribution < 1.29 is 4.79 Å². The molecule has 38 valence electrons. The molecule has 0 aliphatic carbocycles. The largest absolute Gasteiger partial charge is 0.303 e. The molecule has 0 heterocycles. The number of hydrogen-bond donors (Lipinski definition) is 0. The van der Waals surface area contributed by atoms with Crippen molar-refractivity contribution in [3.63, 3.8) is 0 Å². The molecule has 1 nitrogen and oxygen atoms in total. The van der Waals surface area contributed by atoms with Gasteiger partial charge in [0.05, 0.1) is 0 Å². The summed E-state index contributed by atoms with van der Waals surface area (Å²) in [5.74, 6) is 0. The van der Waals surface area contributed by atoms with Crippen molar-refractivity contribution in [1.82, 2.24) is 0 Å². The lowest BCUT2D eigenvalue weighted by Gasteiger charge is -1.73. The summed E-state index contributed by atoms with van der Waals surface area (Å²) in [5.41, 5.74) is 2.57. The fraction of sp³-hybridized carbons (Fsp3) is 0.333. The van der Waals surface area contributed by atoms with Crippen molar-refractivity contribution >= 4 is 6.29 Å². The predicted molar refractivity (Wildman–Crippen MR) is 29.0 cm³/mol. The van der Waals surface area contributed by atoms with Gasteiger partial charge in [-0.15, -0.1) is 5.73 Å². The zero-order chi connectivity index (χ0) is 5.54. The molecule has 0 atom stereocenters. The Balaban J connectivity index is 2.97. The van der Waals surface area contributed by atoms with Crippen LogP contribution < -0.4 is 0 Å². The summed E-state index contributed by atoms with van der Waals surface area (Å²) in [4.78, 5) is 9.61. The lowest BCUT2D eigenvalue weighted by atomic mass is 10.3. The van der Waals surface area contributed by atoms with E-state index in [1.807, 2.05) is 0 Å². The molecule has 0 N–H and O–H groups in total. The third-order valence-electron chi connectivity index (χ3n) is 0.573. The van der Waals surface area contributed by atoms with Crippen molar-refractivity contribution in [2.45, 2.75) is 12.8 Å². The van der Waals surface area contributed by atoms with E-state index in [-0.39, 0.29) is 0 Å². The van der Waals surface area contributed by atoms with E-state index in [1.54, 1.807) is 6.08 Å². The van der Waals surface area contributed by atoms with Crippen LogP contribution in [0.25, 0.3) is 0 Å². The van der Waals surface area contributed by atoms with Gasteiger partial charge in [-0.3, -0.25) is 0 Å². The van der Waals surface area contributed by atoms with Gasteiger partial charge in [0.25, 0.3) is 0 Å². The highest BCUT2D eigenvalue weighted by atomic mass is 16.1. The highest BCUT2D eigenvalue weighted by Crippen LogP contribution is 1.81. The molecule has 0 aromatic carbocycles. The number of carbonyl (C=O) groups excluding carboxylic acids is 1. The van der Waals surface area contributed by atoms with Crippen LogP contribution in [0, 0.1) is 0 Å². The van der Waals surface area contributed by atoms with E-state index >= 15 is 0 Å². The van der Waals surface area contributed by atoms with Crippen LogP contribution in [-0.4, -0.2) is 6.29 Å². The maximum atomic E-state index is 9.61. The molecular formula is C6H8O. The normalized spacial score (nSPS) is 6.86. The Morgan fingerprint density at radius 1 is 1.57 bits per heavy atom. The van der Waals surface area contributed by atoms with Gasteiger partial charge in [0.2, 0.25) is 0 Å². The first-order valence-corrected chi connectivity index (χ1v) is 2.19. The number of carbonyl (C=O) groups is 1. The van der Waals surface area contributed by atoms with Crippen LogP contribution in [0.1, 0.15) is 12.8 Å². The van der Waals surface area contributed by atoms with E-state index < -0.39 is 0 Å². The molecule has 0 bridgehead atoms. The van der Waals surface area contributed by atoms with Gasteiger partial charge in [-0.2, -0.15) is 0 Å². The highest BCUT2D eigenvalue weighted by molar-refractivity contribution is 5.49. The molecule has 0 saturated carbocycles. The molecule has 1 heteroatoms. The molecule has 0 unspecified atom stereocenters. The minimum Gasteiger partial charge on any atom is -0.303 e. The first-order chi connectivity index (χ1) is 3.41.